The Balaban J connectivity index is 2.79. The molecule has 0 aliphatic rings. The van der Waals surface area contributed by atoms with Crippen LogP contribution in [-0.4, -0.2) is 14.6 Å². The predicted molar refractivity (Wildman–Crippen MR) is 51.7 cm³/mol. The number of aliphatic hydroxyl groups is 1. The highest BCUT2D eigenvalue weighted by Crippen LogP contribution is 2.12. The van der Waals surface area contributed by atoms with Crippen LogP contribution in [0.4, 0.5) is 0 Å². The summed E-state index contributed by atoms with van der Waals surface area (Å²) < 4.78 is 1.91. The molecule has 2 rings (SSSR count). The maximum Gasteiger partial charge on any atom is 0.190 e. The van der Waals surface area contributed by atoms with Crippen molar-refractivity contribution in [2.24, 2.45) is 0 Å². The molecular formula is C9H7NOS. The molecule has 0 bridgehead atoms. The lowest BCUT2D eigenvalue weighted by atomic mass is 10.3. The summed E-state index contributed by atoms with van der Waals surface area (Å²) in [5, 5.41) is 9.08. The molecule has 12 heavy (non-hydrogen) atoms. The van der Waals surface area contributed by atoms with E-state index in [9.17, 15) is 0 Å². The van der Waals surface area contributed by atoms with Crippen LogP contribution in [0.3, 0.4) is 0 Å². The van der Waals surface area contributed by atoms with E-state index in [1.54, 1.807) is 6.07 Å². The fraction of sp³-hybridized carbons (Fsp3) is 0. The molecule has 0 radical (unpaired) electrons. The van der Waals surface area contributed by atoms with Gasteiger partial charge in [-0.1, -0.05) is 6.07 Å². The lowest BCUT2D eigenvalue weighted by molar-refractivity contribution is 0.571. The molecule has 0 atom stereocenters. The first-order valence-electron chi connectivity index (χ1n) is 3.58. The predicted octanol–water partition coefficient (Wildman–Crippen LogP) is 2.17. The third kappa shape index (κ3) is 0.987. The molecule has 0 fully saturated rings. The molecule has 0 amide bonds. The number of aromatic nitrogens is 1. The van der Waals surface area contributed by atoms with Crippen LogP contribution < -0.4 is 0 Å². The van der Waals surface area contributed by atoms with E-state index in [2.05, 4.69) is 12.2 Å². The second-order valence-corrected chi connectivity index (χ2v) is 2.91. The van der Waals surface area contributed by atoms with Crippen LogP contribution in [0.5, 0.6) is 0 Å². The van der Waals surface area contributed by atoms with Gasteiger partial charge in [-0.2, -0.15) is 0 Å². The minimum Gasteiger partial charge on any atom is -0.498 e. The van der Waals surface area contributed by atoms with E-state index in [1.807, 2.05) is 35.0 Å². The molecule has 2 heterocycles. The number of rotatable bonds is 1. The van der Waals surface area contributed by atoms with Crippen molar-refractivity contribution in [1.29, 1.82) is 0 Å². The number of fused-ring (bicyclic) bond motifs is 1. The molecule has 0 saturated carbocycles. The van der Waals surface area contributed by atoms with Crippen molar-refractivity contribution in [3.63, 3.8) is 0 Å². The number of aliphatic hydroxyl groups excluding tert-OH is 1. The molecule has 0 aromatic carbocycles. The molecule has 0 spiro atoms. The Morgan fingerprint density at radius 1 is 1.25 bits per heavy atom. The average molecular weight is 177 g/mol. The minimum atomic E-state index is -0.0521. The first kappa shape index (κ1) is 7.31. The Hall–Kier alpha value is -1.35. The fourth-order valence-corrected chi connectivity index (χ4v) is 1.41. The highest BCUT2D eigenvalue weighted by Gasteiger charge is 2.03. The van der Waals surface area contributed by atoms with Crippen LogP contribution in [0, 0.1) is 0 Å². The summed E-state index contributed by atoms with van der Waals surface area (Å²) in [7, 11) is 0. The molecule has 0 unspecified atom stereocenters. The lowest BCUT2D eigenvalue weighted by Crippen LogP contribution is -1.92. The Bertz CT molecular complexity index is 433. The maximum atomic E-state index is 9.13. The second kappa shape index (κ2) is 2.60. The van der Waals surface area contributed by atoms with Crippen molar-refractivity contribution in [3.8, 4) is 0 Å². The van der Waals surface area contributed by atoms with E-state index in [-0.39, 0.29) is 5.05 Å². The summed E-state index contributed by atoms with van der Waals surface area (Å²) in [6.07, 6.45) is 3.78. The molecule has 3 heteroatoms. The van der Waals surface area contributed by atoms with Crippen molar-refractivity contribution >= 4 is 22.8 Å². The number of hydrogen-bond donors (Lipinski definition) is 1. The van der Waals surface area contributed by atoms with Gasteiger partial charge in [-0.05, 0) is 30.4 Å². The Morgan fingerprint density at radius 2 is 2.08 bits per heavy atom. The number of hydrogen-bond acceptors (Lipinski definition) is 1. The summed E-state index contributed by atoms with van der Waals surface area (Å²) in [5.74, 6) is 0. The van der Waals surface area contributed by atoms with Gasteiger partial charge in [0.1, 0.15) is 0 Å². The van der Waals surface area contributed by atoms with Gasteiger partial charge in [0.15, 0.2) is 5.05 Å². The molecule has 0 aliphatic carbocycles. The van der Waals surface area contributed by atoms with Gasteiger partial charge in [0.25, 0.3) is 0 Å². The minimum absolute atomic E-state index is 0.0521. The van der Waals surface area contributed by atoms with Gasteiger partial charge in [-0.25, -0.2) is 0 Å². The summed E-state index contributed by atoms with van der Waals surface area (Å²) in [5.41, 5.74) is 1.65. The normalized spacial score (nSPS) is 10.3. The third-order valence-electron chi connectivity index (χ3n) is 1.80. The van der Waals surface area contributed by atoms with Gasteiger partial charge in [0.2, 0.25) is 0 Å². The lowest BCUT2D eigenvalue weighted by Gasteiger charge is -1.94. The largest absolute Gasteiger partial charge is 0.498 e. The summed E-state index contributed by atoms with van der Waals surface area (Å²) in [6, 6.07) is 7.56. The summed E-state index contributed by atoms with van der Waals surface area (Å²) >= 11 is 4.69. The third-order valence-corrected chi connectivity index (χ3v) is 2.02. The molecule has 2 aromatic heterocycles. The molecule has 0 aliphatic heterocycles. The molecule has 2 aromatic rings. The molecular weight excluding hydrogens is 170 g/mol. The highest BCUT2D eigenvalue weighted by atomic mass is 32.1. The number of pyridine rings is 1. The molecule has 60 valence electrons. The van der Waals surface area contributed by atoms with Crippen molar-refractivity contribution in [2.45, 2.75) is 0 Å². The van der Waals surface area contributed by atoms with Gasteiger partial charge in [0, 0.05) is 12.4 Å². The standard InChI is InChI=1S/C9H7NOS/c11-9(12)7-4-6-10-5-2-1-3-8(7)10/h1-6H,(H,11,12). The van der Waals surface area contributed by atoms with E-state index in [0.29, 0.717) is 5.56 Å². The first-order valence-corrected chi connectivity index (χ1v) is 3.99. The van der Waals surface area contributed by atoms with Crippen LogP contribution in [0.25, 0.3) is 5.52 Å². The zero-order valence-electron chi connectivity index (χ0n) is 6.27. The highest BCUT2D eigenvalue weighted by molar-refractivity contribution is 7.80. The summed E-state index contributed by atoms with van der Waals surface area (Å²) in [6.45, 7) is 0. The second-order valence-electron chi connectivity index (χ2n) is 2.53. The topological polar surface area (TPSA) is 24.6 Å². The van der Waals surface area contributed by atoms with Crippen molar-refractivity contribution in [2.75, 3.05) is 0 Å². The van der Waals surface area contributed by atoms with Crippen molar-refractivity contribution in [1.82, 2.24) is 4.40 Å². The van der Waals surface area contributed by atoms with Crippen molar-refractivity contribution in [3.05, 3.63) is 42.2 Å². The molecule has 2 nitrogen and oxygen atoms in total. The van der Waals surface area contributed by atoms with Gasteiger partial charge in [-0.3, -0.25) is 0 Å². The van der Waals surface area contributed by atoms with E-state index >= 15 is 0 Å². The van der Waals surface area contributed by atoms with E-state index < -0.39 is 0 Å². The first-order chi connectivity index (χ1) is 5.79. The van der Waals surface area contributed by atoms with E-state index in [0.717, 1.165) is 5.52 Å². The average Bonchev–Trinajstić information content (AvgIpc) is 2.47. The monoisotopic (exact) mass is 177 g/mol. The Kier molecular flexibility index (Phi) is 1.59. The fourth-order valence-electron chi connectivity index (χ4n) is 1.24. The van der Waals surface area contributed by atoms with E-state index in [4.69, 9.17) is 5.11 Å². The van der Waals surface area contributed by atoms with Crippen LogP contribution in [0.15, 0.2) is 36.7 Å². The van der Waals surface area contributed by atoms with Crippen LogP contribution in [0.2, 0.25) is 0 Å². The molecule has 1 N–H and O–H groups in total. The van der Waals surface area contributed by atoms with E-state index in [1.165, 1.54) is 0 Å². The Labute approximate surface area is 75.1 Å². The number of nitrogens with zero attached hydrogens (tertiary/aromatic N) is 1. The van der Waals surface area contributed by atoms with Gasteiger partial charge >= 0.3 is 0 Å². The van der Waals surface area contributed by atoms with Crippen LogP contribution >= 0.6 is 12.2 Å². The maximum absolute atomic E-state index is 9.13. The SMILES string of the molecule is OC(=S)c1ccn2ccccc12. The number of thiocarbonyl (C=S) groups is 1. The quantitative estimate of drug-likeness (QED) is 0.675. The Morgan fingerprint density at radius 3 is 2.83 bits per heavy atom. The summed E-state index contributed by atoms with van der Waals surface area (Å²) in [4.78, 5) is 0. The van der Waals surface area contributed by atoms with Gasteiger partial charge in [0.05, 0.1) is 11.1 Å². The molecule has 0 saturated heterocycles. The van der Waals surface area contributed by atoms with Crippen LogP contribution in [-0.2, 0) is 0 Å². The zero-order valence-corrected chi connectivity index (χ0v) is 7.08. The van der Waals surface area contributed by atoms with Crippen molar-refractivity contribution < 1.29 is 5.11 Å². The van der Waals surface area contributed by atoms with Gasteiger partial charge in [-0.15, -0.1) is 0 Å². The smallest absolute Gasteiger partial charge is 0.190 e. The zero-order chi connectivity index (χ0) is 8.55. The van der Waals surface area contributed by atoms with Crippen LogP contribution in [0.1, 0.15) is 5.56 Å². The van der Waals surface area contributed by atoms with Gasteiger partial charge < -0.3 is 9.51 Å².